The maximum absolute atomic E-state index is 13.5. The zero-order valence-electron chi connectivity index (χ0n) is 38.9. The fraction of sp³-hybridized carbons (Fsp3) is 0.545. The first-order chi connectivity index (χ1) is 29.3. The summed E-state index contributed by atoms with van der Waals surface area (Å²) in [6, 6.07) is 8.06. The molecule has 0 radical (unpaired) electrons. The minimum Gasteiger partial charge on any atom is -0.513 e. The Morgan fingerprint density at radius 3 is 2.03 bits per heavy atom. The lowest BCUT2D eigenvalue weighted by molar-refractivity contribution is -0.145. The minimum atomic E-state index is -1.19. The second-order valence-corrected chi connectivity index (χ2v) is 14.0. The van der Waals surface area contributed by atoms with E-state index >= 15 is 0 Å². The largest absolute Gasteiger partial charge is 0.513 e. The standard InChI is InChI=1S/C28H35N5O8.C9H19NO2.C4H8O.C2H6.CH4O/c1-33(25(36)15-30-23(34)9-10-29)26-17-6-8-22(40-3)19(13-17)18-11-16(5-7-21(18)39-2)12-20(28(38)41-4)32-24(35)14-31-27(26)37;1-5-6-7-10-8(11)12-9(2,3)4;1-3-4(2)5;2*1-2/h5-8,11,13,20,26H,9-10,12,14-15,29H2,1-4H3,(H,30,34)(H,31,37)(H,32,35);5-7H2,1-4H3,(H,10,11);3,5H,1-2H3;1-2H3;2H,1H3/b;;4-3+;;. The highest BCUT2D eigenvalue weighted by Gasteiger charge is 2.31. The highest BCUT2D eigenvalue weighted by atomic mass is 16.6. The van der Waals surface area contributed by atoms with E-state index in [-0.39, 0.29) is 32.0 Å². The number of allylic oxidation sites excluding steroid dienone is 2. The van der Waals surface area contributed by atoms with Gasteiger partial charge in [-0.2, -0.15) is 0 Å². The summed E-state index contributed by atoms with van der Waals surface area (Å²) < 4.78 is 21.1. The van der Waals surface area contributed by atoms with E-state index in [0.717, 1.165) is 20.0 Å². The molecular formula is C44H72N6O12. The van der Waals surface area contributed by atoms with E-state index in [1.165, 1.54) is 33.3 Å². The van der Waals surface area contributed by atoms with Gasteiger partial charge in [-0.25, -0.2) is 9.59 Å². The third-order valence-electron chi connectivity index (χ3n) is 8.23. The number of aliphatic hydroxyl groups excluding tert-OH is 2. The molecule has 0 spiro atoms. The average Bonchev–Trinajstić information content (AvgIpc) is 3.25. The van der Waals surface area contributed by atoms with Crippen molar-refractivity contribution in [1.82, 2.24) is 26.2 Å². The lowest BCUT2D eigenvalue weighted by Gasteiger charge is -2.29. The first-order valence-electron chi connectivity index (χ1n) is 20.3. The predicted octanol–water partition coefficient (Wildman–Crippen LogP) is 4.08. The van der Waals surface area contributed by atoms with Crippen LogP contribution in [0.1, 0.15) is 91.8 Å². The lowest BCUT2D eigenvalue weighted by Crippen LogP contribution is -2.49. The van der Waals surface area contributed by atoms with Gasteiger partial charge in [0, 0.05) is 51.2 Å². The van der Waals surface area contributed by atoms with Crippen LogP contribution in [0, 0.1) is 0 Å². The number of hydrogen-bond acceptors (Lipinski definition) is 13. The number of aliphatic hydroxyl groups is 2. The van der Waals surface area contributed by atoms with Gasteiger partial charge in [0.1, 0.15) is 29.2 Å². The SMILES string of the molecule is C/C=C(\C)O.CC.CCCCNC(=O)OC(C)(C)C.CO.COC(=O)C1Cc2ccc(OC)c(c2)-c2cc(ccc2OC)C(N(C)C(=O)CNC(=O)CCN)C(=O)NCC(=O)N1. The Hall–Kier alpha value is -5.88. The van der Waals surface area contributed by atoms with Crippen molar-refractivity contribution in [2.24, 2.45) is 5.73 Å². The van der Waals surface area contributed by atoms with Gasteiger partial charge in [0.15, 0.2) is 0 Å². The maximum atomic E-state index is 13.5. The van der Waals surface area contributed by atoms with Crippen molar-refractivity contribution in [2.75, 3.05) is 61.7 Å². The Balaban J connectivity index is 0. The summed E-state index contributed by atoms with van der Waals surface area (Å²) in [6.45, 7) is 15.1. The van der Waals surface area contributed by atoms with Crippen LogP contribution in [-0.4, -0.2) is 124 Å². The van der Waals surface area contributed by atoms with Crippen LogP contribution in [0.5, 0.6) is 11.5 Å². The van der Waals surface area contributed by atoms with Gasteiger partial charge in [0.25, 0.3) is 0 Å². The molecule has 1 aliphatic rings. The molecular weight excluding hydrogens is 805 g/mol. The molecule has 1 heterocycles. The molecule has 0 aliphatic carbocycles. The number of unbranched alkanes of at least 4 members (excludes halogenated alkanes) is 1. The van der Waals surface area contributed by atoms with Gasteiger partial charge >= 0.3 is 12.1 Å². The summed E-state index contributed by atoms with van der Waals surface area (Å²) in [5.41, 5.74) is 7.27. The molecule has 18 heteroatoms. The summed E-state index contributed by atoms with van der Waals surface area (Å²) in [5, 5.41) is 25.5. The third kappa shape index (κ3) is 22.1. The molecule has 4 bridgehead atoms. The normalized spacial score (nSPS) is 14.4. The number of esters is 1. The van der Waals surface area contributed by atoms with Crippen molar-refractivity contribution in [3.05, 3.63) is 59.4 Å². The minimum absolute atomic E-state index is 0.0469. The number of fused-ring (bicyclic) bond motifs is 5. The van der Waals surface area contributed by atoms with Crippen LogP contribution in [0.25, 0.3) is 11.1 Å². The van der Waals surface area contributed by atoms with Crippen molar-refractivity contribution < 1.29 is 57.9 Å². The molecule has 2 unspecified atom stereocenters. The van der Waals surface area contributed by atoms with Gasteiger partial charge in [0.05, 0.1) is 40.2 Å². The van der Waals surface area contributed by atoms with Crippen molar-refractivity contribution in [3.63, 3.8) is 0 Å². The van der Waals surface area contributed by atoms with Crippen LogP contribution in [0.2, 0.25) is 0 Å². The molecule has 0 fully saturated rings. The molecule has 2 aromatic rings. The van der Waals surface area contributed by atoms with Gasteiger partial charge in [-0.1, -0.05) is 45.4 Å². The van der Waals surface area contributed by atoms with Crippen LogP contribution in [0.3, 0.4) is 0 Å². The van der Waals surface area contributed by atoms with E-state index in [9.17, 15) is 28.8 Å². The molecule has 1 aliphatic heterocycles. The second kappa shape index (κ2) is 31.9. The number of ether oxygens (including phenoxy) is 4. The van der Waals surface area contributed by atoms with Gasteiger partial charge in [-0.3, -0.25) is 19.2 Å². The van der Waals surface area contributed by atoms with E-state index < -0.39 is 53.8 Å². The first-order valence-corrected chi connectivity index (χ1v) is 20.3. The Morgan fingerprint density at radius 2 is 1.53 bits per heavy atom. The quantitative estimate of drug-likeness (QED) is 0.0956. The topological polar surface area (TPSA) is 257 Å². The summed E-state index contributed by atoms with van der Waals surface area (Å²) in [7, 11) is 6.64. The van der Waals surface area contributed by atoms with Crippen LogP contribution in [0.15, 0.2) is 48.2 Å². The predicted molar refractivity (Wildman–Crippen MR) is 239 cm³/mol. The molecule has 62 heavy (non-hydrogen) atoms. The Bertz CT molecular complexity index is 1720. The van der Waals surface area contributed by atoms with Crippen LogP contribution in [-0.2, 0) is 39.9 Å². The molecule has 0 saturated heterocycles. The van der Waals surface area contributed by atoms with Gasteiger partial charge in [-0.05, 0) is 76.4 Å². The Kier molecular flexibility index (Phi) is 30.0. The molecule has 8 N–H and O–H groups in total. The number of nitrogens with one attached hydrogen (secondary N) is 4. The molecule has 350 valence electrons. The molecule has 3 rings (SSSR count). The fourth-order valence-corrected chi connectivity index (χ4v) is 5.17. The third-order valence-corrected chi connectivity index (χ3v) is 8.23. The van der Waals surface area contributed by atoms with Crippen LogP contribution >= 0.6 is 0 Å². The average molecular weight is 877 g/mol. The number of amides is 5. The highest BCUT2D eigenvalue weighted by molar-refractivity contribution is 5.94. The summed E-state index contributed by atoms with van der Waals surface area (Å²) in [6.07, 6.45) is 3.55. The zero-order valence-corrected chi connectivity index (χ0v) is 38.9. The van der Waals surface area contributed by atoms with Crippen molar-refractivity contribution in [2.45, 2.75) is 98.8 Å². The van der Waals surface area contributed by atoms with Crippen molar-refractivity contribution in [3.8, 4) is 22.6 Å². The van der Waals surface area contributed by atoms with E-state index in [4.69, 9.17) is 34.9 Å². The number of carbonyl (C=O) groups excluding carboxylic acids is 6. The molecule has 0 saturated carbocycles. The molecule has 5 amide bonds. The Morgan fingerprint density at radius 1 is 0.968 bits per heavy atom. The van der Waals surface area contributed by atoms with Gasteiger partial charge < -0.3 is 61.1 Å². The van der Waals surface area contributed by atoms with E-state index in [1.54, 1.807) is 56.3 Å². The summed E-state index contributed by atoms with van der Waals surface area (Å²) in [5.74, 6) is -1.56. The van der Waals surface area contributed by atoms with Crippen LogP contribution < -0.4 is 36.5 Å². The van der Waals surface area contributed by atoms with Crippen molar-refractivity contribution in [1.29, 1.82) is 0 Å². The monoisotopic (exact) mass is 877 g/mol. The van der Waals surface area contributed by atoms with E-state index in [0.29, 0.717) is 46.1 Å². The molecule has 0 aromatic heterocycles. The number of benzene rings is 2. The number of nitrogens with two attached hydrogens (primary N) is 1. The smallest absolute Gasteiger partial charge is 0.407 e. The van der Waals surface area contributed by atoms with Gasteiger partial charge in [-0.15, -0.1) is 0 Å². The number of carbonyl (C=O) groups is 6. The number of likely N-dealkylation sites (N-methyl/N-ethyl adjacent to an activating group) is 1. The number of rotatable bonds is 11. The fourth-order valence-electron chi connectivity index (χ4n) is 5.17. The summed E-state index contributed by atoms with van der Waals surface area (Å²) in [4.78, 5) is 75.9. The number of methoxy groups -OCH3 is 3. The maximum Gasteiger partial charge on any atom is 0.407 e. The number of alkyl carbamates (subject to hydrolysis) is 1. The van der Waals surface area contributed by atoms with Crippen molar-refractivity contribution >= 4 is 35.7 Å². The highest BCUT2D eigenvalue weighted by Crippen LogP contribution is 2.39. The van der Waals surface area contributed by atoms with Crippen LogP contribution in [0.4, 0.5) is 4.79 Å². The number of hydrogen-bond donors (Lipinski definition) is 7. The Labute approximate surface area is 367 Å². The lowest BCUT2D eigenvalue weighted by atomic mass is 9.94. The second-order valence-electron chi connectivity index (χ2n) is 14.0. The zero-order chi connectivity index (χ0) is 48.0. The first kappa shape index (κ1) is 58.2. The number of nitrogens with zero attached hydrogens (tertiary/aromatic N) is 1. The molecule has 18 nitrogen and oxygen atoms in total. The molecule has 2 aromatic carbocycles. The summed E-state index contributed by atoms with van der Waals surface area (Å²) >= 11 is 0. The van der Waals surface area contributed by atoms with Gasteiger partial charge in [0.2, 0.25) is 23.6 Å². The van der Waals surface area contributed by atoms with E-state index in [1.807, 2.05) is 34.6 Å². The molecule has 2 atom stereocenters. The van der Waals surface area contributed by atoms with E-state index in [2.05, 4.69) is 28.2 Å².